The molecule has 0 saturated carbocycles. The largest absolute Gasteiger partial charge is 0.466 e. The van der Waals surface area contributed by atoms with Crippen LogP contribution in [0.15, 0.2) is 35.4 Å². The summed E-state index contributed by atoms with van der Waals surface area (Å²) in [4.78, 5) is 36.8. The molecule has 26 heavy (non-hydrogen) atoms. The zero-order valence-corrected chi connectivity index (χ0v) is 14.6. The van der Waals surface area contributed by atoms with Crippen molar-refractivity contribution < 1.29 is 32.3 Å². The molecule has 6 nitrogen and oxygen atoms in total. The topological polar surface area (TPSA) is 75.7 Å². The van der Waals surface area contributed by atoms with Crippen LogP contribution in [0.25, 0.3) is 0 Å². The molecule has 2 rings (SSSR count). The monoisotopic (exact) mass is 388 g/mol. The van der Waals surface area contributed by atoms with E-state index in [1.165, 1.54) is 12.1 Å². The number of hydrogen-bond donors (Lipinski definition) is 1. The van der Waals surface area contributed by atoms with E-state index in [1.54, 1.807) is 6.92 Å². The highest BCUT2D eigenvalue weighted by atomic mass is 32.2. The molecule has 1 saturated heterocycles. The first-order valence-electron chi connectivity index (χ1n) is 7.37. The van der Waals surface area contributed by atoms with Crippen LogP contribution >= 0.6 is 11.8 Å². The van der Waals surface area contributed by atoms with Gasteiger partial charge >= 0.3 is 12.1 Å². The Kier molecular flexibility index (Phi) is 5.96. The van der Waals surface area contributed by atoms with Gasteiger partial charge < -0.3 is 10.1 Å². The van der Waals surface area contributed by atoms with Gasteiger partial charge in [0.2, 0.25) is 11.8 Å². The fourth-order valence-corrected chi connectivity index (χ4v) is 3.26. The molecular weight excluding hydrogens is 373 g/mol. The standard InChI is InChI=1S/C16H15F3N2O4S/c1-9-15(24)21(13(26-9)7-14(23)25-2)8-12(22)20-11-6-4-3-5-10(11)16(17,18)19/h3-7,9H,8H2,1-2H3,(H,20,22). The van der Waals surface area contributed by atoms with Crippen LogP contribution in [0.5, 0.6) is 0 Å². The lowest BCUT2D eigenvalue weighted by Crippen LogP contribution is -2.35. The molecule has 0 aromatic heterocycles. The highest BCUT2D eigenvalue weighted by Crippen LogP contribution is 2.36. The third-order valence-corrected chi connectivity index (χ3v) is 4.56. The van der Waals surface area contributed by atoms with Gasteiger partial charge in [0.05, 0.1) is 34.7 Å². The highest BCUT2D eigenvalue weighted by molar-refractivity contribution is 8.04. The number of nitrogens with one attached hydrogen (secondary N) is 1. The number of para-hydroxylation sites is 1. The molecule has 1 N–H and O–H groups in total. The summed E-state index contributed by atoms with van der Waals surface area (Å²) < 4.78 is 43.4. The lowest BCUT2D eigenvalue weighted by atomic mass is 10.1. The van der Waals surface area contributed by atoms with Gasteiger partial charge in [0.15, 0.2) is 0 Å². The smallest absolute Gasteiger partial charge is 0.418 e. The summed E-state index contributed by atoms with van der Waals surface area (Å²) in [7, 11) is 1.16. The number of thioether (sulfide) groups is 1. The predicted octanol–water partition coefficient (Wildman–Crippen LogP) is 2.62. The molecule has 2 amide bonds. The van der Waals surface area contributed by atoms with Crippen molar-refractivity contribution in [2.45, 2.75) is 18.3 Å². The maximum absolute atomic E-state index is 13.0. The second-order valence-corrected chi connectivity index (χ2v) is 6.64. The summed E-state index contributed by atoms with van der Waals surface area (Å²) in [6.45, 7) is 1.07. The summed E-state index contributed by atoms with van der Waals surface area (Å²) in [6.07, 6.45) is -3.57. The van der Waals surface area contributed by atoms with E-state index in [2.05, 4.69) is 10.1 Å². The summed E-state index contributed by atoms with van der Waals surface area (Å²) in [5.41, 5.74) is -1.40. The van der Waals surface area contributed by atoms with E-state index >= 15 is 0 Å². The van der Waals surface area contributed by atoms with Crippen molar-refractivity contribution in [2.24, 2.45) is 0 Å². The van der Waals surface area contributed by atoms with Crippen LogP contribution in [-0.4, -0.2) is 41.6 Å². The van der Waals surface area contributed by atoms with E-state index in [9.17, 15) is 27.6 Å². The molecule has 1 aromatic carbocycles. The van der Waals surface area contributed by atoms with E-state index in [0.717, 1.165) is 42.0 Å². The molecule has 140 valence electrons. The highest BCUT2D eigenvalue weighted by Gasteiger charge is 2.36. The van der Waals surface area contributed by atoms with E-state index in [-0.39, 0.29) is 5.03 Å². The number of hydrogen-bond acceptors (Lipinski definition) is 5. The van der Waals surface area contributed by atoms with Gasteiger partial charge in [-0.25, -0.2) is 4.79 Å². The van der Waals surface area contributed by atoms with Crippen molar-refractivity contribution in [3.63, 3.8) is 0 Å². The van der Waals surface area contributed by atoms with Gasteiger partial charge in [-0.3, -0.25) is 14.5 Å². The first-order valence-corrected chi connectivity index (χ1v) is 8.25. The van der Waals surface area contributed by atoms with Gasteiger partial charge in [-0.05, 0) is 19.1 Å². The Morgan fingerprint density at radius 2 is 2.00 bits per heavy atom. The summed E-state index contributed by atoms with van der Waals surface area (Å²) in [5, 5.41) is 1.84. The van der Waals surface area contributed by atoms with Crippen molar-refractivity contribution in [3.05, 3.63) is 40.9 Å². The van der Waals surface area contributed by atoms with Gasteiger partial charge in [0.25, 0.3) is 0 Å². The van der Waals surface area contributed by atoms with Crippen molar-refractivity contribution in [3.8, 4) is 0 Å². The number of amides is 2. The average molecular weight is 388 g/mol. The summed E-state index contributed by atoms with van der Waals surface area (Å²) in [5.74, 6) is -1.95. The maximum atomic E-state index is 13.0. The van der Waals surface area contributed by atoms with Crippen molar-refractivity contribution in [1.82, 2.24) is 4.90 Å². The Bertz CT molecular complexity index is 764. The number of esters is 1. The molecular formula is C16H15F3N2O4S. The first-order chi connectivity index (χ1) is 12.1. The van der Waals surface area contributed by atoms with Crippen LogP contribution in [0.3, 0.4) is 0 Å². The Morgan fingerprint density at radius 1 is 1.35 bits per heavy atom. The van der Waals surface area contributed by atoms with Gasteiger partial charge in [-0.1, -0.05) is 23.9 Å². The fraction of sp³-hybridized carbons (Fsp3) is 0.312. The Balaban J connectivity index is 2.18. The molecule has 1 atom stereocenters. The molecule has 1 aliphatic heterocycles. The maximum Gasteiger partial charge on any atom is 0.418 e. The zero-order chi connectivity index (χ0) is 19.5. The first kappa shape index (κ1) is 19.8. The van der Waals surface area contributed by atoms with Crippen LogP contribution in [0.4, 0.5) is 18.9 Å². The van der Waals surface area contributed by atoms with E-state index in [4.69, 9.17) is 0 Å². The number of nitrogens with zero attached hydrogens (tertiary/aromatic N) is 1. The molecule has 1 aromatic rings. The second kappa shape index (κ2) is 7.81. The number of ether oxygens (including phenoxy) is 1. The average Bonchev–Trinajstić information content (AvgIpc) is 2.81. The predicted molar refractivity (Wildman–Crippen MR) is 88.9 cm³/mol. The Hall–Kier alpha value is -2.49. The van der Waals surface area contributed by atoms with E-state index in [0.29, 0.717) is 0 Å². The van der Waals surface area contributed by atoms with Crippen molar-refractivity contribution in [2.75, 3.05) is 19.0 Å². The van der Waals surface area contributed by atoms with Crippen LogP contribution in [0.2, 0.25) is 0 Å². The number of rotatable bonds is 4. The van der Waals surface area contributed by atoms with Gasteiger partial charge in [0, 0.05) is 0 Å². The molecule has 1 fully saturated rings. The van der Waals surface area contributed by atoms with E-state index < -0.39 is 47.0 Å². The van der Waals surface area contributed by atoms with Gasteiger partial charge in [0.1, 0.15) is 6.54 Å². The molecule has 1 aliphatic rings. The number of carbonyl (C=O) groups excluding carboxylic acids is 3. The van der Waals surface area contributed by atoms with Crippen LogP contribution in [0, 0.1) is 0 Å². The Labute approximate surface area is 151 Å². The minimum Gasteiger partial charge on any atom is -0.466 e. The number of anilines is 1. The lowest BCUT2D eigenvalue weighted by molar-refractivity contribution is -0.137. The number of carbonyl (C=O) groups is 3. The zero-order valence-electron chi connectivity index (χ0n) is 13.8. The molecule has 1 unspecified atom stereocenters. The third-order valence-electron chi connectivity index (χ3n) is 3.43. The van der Waals surface area contributed by atoms with Crippen molar-refractivity contribution >= 4 is 35.2 Å². The van der Waals surface area contributed by atoms with E-state index in [1.807, 2.05) is 0 Å². The number of halogens is 3. The molecule has 0 bridgehead atoms. The lowest BCUT2D eigenvalue weighted by Gasteiger charge is -2.18. The van der Waals surface area contributed by atoms with Crippen LogP contribution in [-0.2, 0) is 25.3 Å². The minimum absolute atomic E-state index is 0.202. The molecule has 1 heterocycles. The normalized spacial score (nSPS) is 19.0. The van der Waals surface area contributed by atoms with Crippen molar-refractivity contribution in [1.29, 1.82) is 0 Å². The second-order valence-electron chi connectivity index (χ2n) is 5.28. The van der Waals surface area contributed by atoms with Gasteiger partial charge in [-0.2, -0.15) is 13.2 Å². The molecule has 10 heteroatoms. The quantitative estimate of drug-likeness (QED) is 0.634. The minimum atomic E-state index is -4.63. The summed E-state index contributed by atoms with van der Waals surface area (Å²) in [6, 6.07) is 4.52. The molecule has 0 aliphatic carbocycles. The number of methoxy groups -OCH3 is 1. The number of benzene rings is 1. The third kappa shape index (κ3) is 4.57. The number of alkyl halides is 3. The van der Waals surface area contributed by atoms with Crippen LogP contribution in [0.1, 0.15) is 12.5 Å². The SMILES string of the molecule is COC(=O)C=C1SC(C)C(=O)N1CC(=O)Nc1ccccc1C(F)(F)F. The molecule has 0 radical (unpaired) electrons. The fourth-order valence-electron chi connectivity index (χ4n) is 2.22. The Morgan fingerprint density at radius 3 is 2.62 bits per heavy atom. The molecule has 0 spiro atoms. The van der Waals surface area contributed by atoms with Crippen LogP contribution < -0.4 is 5.32 Å². The summed E-state index contributed by atoms with van der Waals surface area (Å²) >= 11 is 1.06. The van der Waals surface area contributed by atoms with Gasteiger partial charge in [-0.15, -0.1) is 0 Å².